The van der Waals surface area contributed by atoms with Crippen LogP contribution in [-0.4, -0.2) is 38.6 Å². The number of aryl methyl sites for hydroxylation is 2. The number of nitrogens with zero attached hydrogens (tertiary/aromatic N) is 3. The molecule has 2 aromatic carbocycles. The monoisotopic (exact) mass is 436 g/mol. The van der Waals surface area contributed by atoms with E-state index in [-0.39, 0.29) is 23.3 Å². The van der Waals surface area contributed by atoms with Gasteiger partial charge in [-0.1, -0.05) is 30.7 Å². The van der Waals surface area contributed by atoms with E-state index in [0.717, 1.165) is 35.9 Å². The molecule has 6 nitrogen and oxygen atoms in total. The Morgan fingerprint density at radius 3 is 2.66 bits per heavy atom. The fraction of sp³-hybridized carbons (Fsp3) is 0.440. The number of halogens is 1. The summed E-state index contributed by atoms with van der Waals surface area (Å²) in [4.78, 5) is 27.1. The minimum Gasteiger partial charge on any atom is -0.349 e. The Hall–Kier alpha value is -2.93. The van der Waals surface area contributed by atoms with Gasteiger partial charge in [-0.2, -0.15) is 0 Å². The van der Waals surface area contributed by atoms with Crippen LogP contribution in [0.4, 0.5) is 4.39 Å². The van der Waals surface area contributed by atoms with Crippen molar-refractivity contribution in [2.24, 2.45) is 14.1 Å². The van der Waals surface area contributed by atoms with Crippen LogP contribution in [0.25, 0.3) is 11.0 Å². The summed E-state index contributed by atoms with van der Waals surface area (Å²) in [5.74, 6) is -0.250. The molecule has 2 aliphatic rings. The molecule has 5 rings (SSSR count). The van der Waals surface area contributed by atoms with Gasteiger partial charge in [0, 0.05) is 46.1 Å². The molecule has 1 N–H and O–H groups in total. The summed E-state index contributed by atoms with van der Waals surface area (Å²) < 4.78 is 18.1. The average molecular weight is 437 g/mol. The summed E-state index contributed by atoms with van der Waals surface area (Å²) in [6.07, 6.45) is 3.21. The van der Waals surface area contributed by atoms with Crippen molar-refractivity contribution in [2.45, 2.75) is 43.7 Å². The van der Waals surface area contributed by atoms with Crippen molar-refractivity contribution in [1.82, 2.24) is 19.4 Å². The predicted octanol–water partition coefficient (Wildman–Crippen LogP) is 3.04. The van der Waals surface area contributed by atoms with Gasteiger partial charge in [0.15, 0.2) is 0 Å². The highest BCUT2D eigenvalue weighted by Gasteiger charge is 2.49. The molecule has 2 fully saturated rings. The van der Waals surface area contributed by atoms with Gasteiger partial charge >= 0.3 is 5.69 Å². The lowest BCUT2D eigenvalue weighted by Crippen LogP contribution is -2.52. The number of likely N-dealkylation sites (tertiary alicyclic amines) is 1. The molecule has 3 aromatic rings. The molecule has 0 aliphatic carbocycles. The number of imidazole rings is 1. The van der Waals surface area contributed by atoms with Gasteiger partial charge < -0.3 is 5.32 Å². The van der Waals surface area contributed by atoms with Gasteiger partial charge in [-0.05, 0) is 42.2 Å². The summed E-state index contributed by atoms with van der Waals surface area (Å²) in [5.41, 5.74) is 3.08. The lowest BCUT2D eigenvalue weighted by molar-refractivity contribution is -0.122. The largest absolute Gasteiger partial charge is 0.349 e. The molecule has 1 spiro atoms. The van der Waals surface area contributed by atoms with Gasteiger partial charge in [-0.15, -0.1) is 0 Å². The van der Waals surface area contributed by atoms with Crippen LogP contribution in [0.5, 0.6) is 0 Å². The molecule has 0 unspecified atom stereocenters. The van der Waals surface area contributed by atoms with Crippen molar-refractivity contribution >= 4 is 16.9 Å². The van der Waals surface area contributed by atoms with Gasteiger partial charge in [0.05, 0.1) is 16.6 Å². The summed E-state index contributed by atoms with van der Waals surface area (Å²) >= 11 is 0. The SMILES string of the molecule is Cn1c(=O)n(C)c2cc(CN3C[C@@H](c4ccccc4F)[C@@]4(CCCCC(=O)N4)C3)ccc21. The van der Waals surface area contributed by atoms with Crippen LogP contribution >= 0.6 is 0 Å². The van der Waals surface area contributed by atoms with E-state index in [1.54, 1.807) is 29.3 Å². The topological polar surface area (TPSA) is 59.3 Å². The molecular weight excluding hydrogens is 407 g/mol. The number of hydrogen-bond donors (Lipinski definition) is 1. The Balaban J connectivity index is 1.49. The maximum Gasteiger partial charge on any atom is 0.328 e. The second-order valence-electron chi connectivity index (χ2n) is 9.38. The van der Waals surface area contributed by atoms with E-state index in [4.69, 9.17) is 0 Å². The molecule has 2 atom stereocenters. The Bertz CT molecular complexity index is 1250. The molecule has 2 aliphatic heterocycles. The van der Waals surface area contributed by atoms with E-state index < -0.39 is 5.54 Å². The smallest absolute Gasteiger partial charge is 0.328 e. The molecule has 1 amide bonds. The van der Waals surface area contributed by atoms with Crippen LogP contribution in [0.2, 0.25) is 0 Å². The lowest BCUT2D eigenvalue weighted by atomic mass is 9.78. The standard InChI is InChI=1S/C25H29FN4O2/c1-28-21-11-10-17(13-22(21)29(2)24(28)32)14-30-15-19(18-7-3-4-8-20(18)26)25(16-30)12-6-5-9-23(31)27-25/h3-4,7-8,10-11,13,19H,5-6,9,12,14-16H2,1-2H3,(H,27,31)/t19-,25+/m0/s1. The first kappa shape index (κ1) is 20.9. The first-order valence-corrected chi connectivity index (χ1v) is 11.3. The van der Waals surface area contributed by atoms with Crippen molar-refractivity contribution in [1.29, 1.82) is 0 Å². The van der Waals surface area contributed by atoms with Crippen molar-refractivity contribution in [2.75, 3.05) is 13.1 Å². The van der Waals surface area contributed by atoms with Gasteiger partial charge in [-0.3, -0.25) is 18.8 Å². The molecule has 168 valence electrons. The van der Waals surface area contributed by atoms with Crippen LogP contribution in [0, 0.1) is 5.82 Å². The van der Waals surface area contributed by atoms with Crippen LogP contribution in [0.3, 0.4) is 0 Å². The predicted molar refractivity (Wildman–Crippen MR) is 122 cm³/mol. The zero-order valence-electron chi connectivity index (χ0n) is 18.6. The van der Waals surface area contributed by atoms with Gasteiger partial charge in [0.2, 0.25) is 5.91 Å². The minimum atomic E-state index is -0.459. The van der Waals surface area contributed by atoms with Gasteiger partial charge in [0.25, 0.3) is 0 Å². The third-order valence-electron chi connectivity index (χ3n) is 7.30. The molecule has 32 heavy (non-hydrogen) atoms. The van der Waals surface area contributed by atoms with Crippen LogP contribution in [-0.2, 0) is 25.4 Å². The molecule has 0 bridgehead atoms. The van der Waals surface area contributed by atoms with E-state index in [2.05, 4.69) is 22.3 Å². The maximum atomic E-state index is 14.8. The fourth-order valence-electron chi connectivity index (χ4n) is 5.70. The summed E-state index contributed by atoms with van der Waals surface area (Å²) in [6.45, 7) is 2.04. The highest BCUT2D eigenvalue weighted by Crippen LogP contribution is 2.42. The van der Waals surface area contributed by atoms with Crippen molar-refractivity contribution < 1.29 is 9.18 Å². The van der Waals surface area contributed by atoms with E-state index in [0.29, 0.717) is 31.6 Å². The first-order chi connectivity index (χ1) is 15.4. The highest BCUT2D eigenvalue weighted by molar-refractivity contribution is 5.78. The number of aromatic nitrogens is 2. The van der Waals surface area contributed by atoms with E-state index in [1.807, 2.05) is 18.2 Å². The third kappa shape index (κ3) is 3.45. The van der Waals surface area contributed by atoms with Crippen molar-refractivity contribution in [3.63, 3.8) is 0 Å². The fourth-order valence-corrected chi connectivity index (χ4v) is 5.70. The number of amides is 1. The number of hydrogen-bond acceptors (Lipinski definition) is 3. The van der Waals surface area contributed by atoms with Gasteiger partial charge in [-0.25, -0.2) is 9.18 Å². The molecule has 0 saturated carbocycles. The van der Waals surface area contributed by atoms with Crippen molar-refractivity contribution in [3.05, 3.63) is 69.9 Å². The second-order valence-corrected chi connectivity index (χ2v) is 9.38. The Morgan fingerprint density at radius 2 is 1.84 bits per heavy atom. The number of nitrogens with one attached hydrogen (secondary N) is 1. The normalized spacial score (nSPS) is 24.2. The zero-order chi connectivity index (χ0) is 22.5. The molecule has 7 heteroatoms. The molecule has 3 heterocycles. The maximum absolute atomic E-state index is 14.8. The number of rotatable bonds is 3. The average Bonchev–Trinajstić information content (AvgIpc) is 3.12. The van der Waals surface area contributed by atoms with E-state index >= 15 is 0 Å². The Kier molecular flexibility index (Phi) is 5.16. The Labute approximate surface area is 186 Å². The summed E-state index contributed by atoms with van der Waals surface area (Å²) in [7, 11) is 3.57. The molecule has 0 radical (unpaired) electrons. The lowest BCUT2D eigenvalue weighted by Gasteiger charge is -2.35. The number of carbonyl (C=O) groups is 1. The highest BCUT2D eigenvalue weighted by atomic mass is 19.1. The summed E-state index contributed by atoms with van der Waals surface area (Å²) in [6, 6.07) is 13.0. The molecular formula is C25H29FN4O2. The first-order valence-electron chi connectivity index (χ1n) is 11.3. The van der Waals surface area contributed by atoms with E-state index in [1.165, 1.54) is 6.07 Å². The third-order valence-corrected chi connectivity index (χ3v) is 7.30. The van der Waals surface area contributed by atoms with Crippen LogP contribution in [0.15, 0.2) is 47.3 Å². The number of fused-ring (bicyclic) bond motifs is 1. The number of benzene rings is 2. The second kappa shape index (κ2) is 7.89. The van der Waals surface area contributed by atoms with Crippen molar-refractivity contribution in [3.8, 4) is 0 Å². The molecule has 1 aromatic heterocycles. The quantitative estimate of drug-likeness (QED) is 0.687. The van der Waals surface area contributed by atoms with Gasteiger partial charge in [0.1, 0.15) is 5.82 Å². The number of carbonyl (C=O) groups excluding carboxylic acids is 1. The zero-order valence-corrected chi connectivity index (χ0v) is 18.6. The molecule has 2 saturated heterocycles. The summed E-state index contributed by atoms with van der Waals surface area (Å²) in [5, 5.41) is 3.30. The Morgan fingerprint density at radius 1 is 1.06 bits per heavy atom. The van der Waals surface area contributed by atoms with E-state index in [9.17, 15) is 14.0 Å². The van der Waals surface area contributed by atoms with Crippen LogP contribution < -0.4 is 11.0 Å². The minimum absolute atomic E-state index is 0.0435. The van der Waals surface area contributed by atoms with Crippen LogP contribution in [0.1, 0.15) is 42.7 Å².